The van der Waals surface area contributed by atoms with Crippen molar-refractivity contribution in [2.24, 2.45) is 0 Å². The van der Waals surface area contributed by atoms with E-state index in [1.54, 1.807) is 0 Å². The maximum Gasteiger partial charge on any atom is 0.305 e. The molecule has 0 fully saturated rings. The first kappa shape index (κ1) is 36.6. The Bertz CT molecular complexity index is 1250. The average molecular weight is 654 g/mol. The Morgan fingerprint density at radius 1 is 0.660 bits per heavy atom. The number of nitrogens with zero attached hydrogens (tertiary/aromatic N) is 2. The number of hydrogen-bond acceptors (Lipinski definition) is 3. The predicted molar refractivity (Wildman–Crippen MR) is 202 cm³/mol. The molecule has 1 aromatic heterocycles. The van der Waals surface area contributed by atoms with Crippen LogP contribution in [0.3, 0.4) is 0 Å². The summed E-state index contributed by atoms with van der Waals surface area (Å²) in [6.07, 6.45) is 26.0. The third-order valence-electron chi connectivity index (χ3n) is 9.50. The molecule has 1 unspecified atom stereocenters. The smallest absolute Gasteiger partial charge is 0.305 e. The molecule has 47 heavy (non-hydrogen) atoms. The standard InChI is InChI=1S/C42H58N2O2P/c1-2-3-24-38(44-34-33-43-37-44)25-15-10-8-6-4-5-7-9-11-22-32-42(45)46-35-23-36-47(39-26-16-12-17-27-39,40-28-18-13-19-29-40)41-30-20-14-21-31-41/h12-14,16-21,26-31,33-34,37-38H,2-11,15,22-25,32,35-36H2,1H3/q+1. The Kier molecular flexibility index (Phi) is 16.8. The van der Waals surface area contributed by atoms with Crippen LogP contribution in [0.4, 0.5) is 0 Å². The summed E-state index contributed by atoms with van der Waals surface area (Å²) in [6, 6.07) is 33.4. The van der Waals surface area contributed by atoms with E-state index in [-0.39, 0.29) is 5.97 Å². The molecule has 0 radical (unpaired) electrons. The van der Waals surface area contributed by atoms with Crippen molar-refractivity contribution in [2.75, 3.05) is 12.8 Å². The van der Waals surface area contributed by atoms with Crippen molar-refractivity contribution < 1.29 is 9.53 Å². The number of carbonyl (C=O) groups excluding carboxylic acids is 1. The molecule has 4 rings (SSSR count). The molecule has 1 heterocycles. The molecule has 0 bridgehead atoms. The lowest BCUT2D eigenvalue weighted by Gasteiger charge is -2.27. The number of ether oxygens (including phenoxy) is 1. The maximum atomic E-state index is 12.6. The molecule has 1 atom stereocenters. The van der Waals surface area contributed by atoms with Gasteiger partial charge in [0.1, 0.15) is 23.2 Å². The Hall–Kier alpha value is -3.23. The zero-order valence-corrected chi connectivity index (χ0v) is 29.8. The largest absolute Gasteiger partial charge is 0.466 e. The van der Waals surface area contributed by atoms with Crippen LogP contribution in [-0.4, -0.2) is 28.3 Å². The third kappa shape index (κ3) is 12.1. The normalized spacial score (nSPS) is 12.2. The highest BCUT2D eigenvalue weighted by Crippen LogP contribution is 2.55. The number of carbonyl (C=O) groups is 1. The topological polar surface area (TPSA) is 44.1 Å². The summed E-state index contributed by atoms with van der Waals surface area (Å²) in [7, 11) is -1.87. The molecule has 0 saturated heterocycles. The number of esters is 1. The molecule has 0 amide bonds. The van der Waals surface area contributed by atoms with Crippen LogP contribution in [0.15, 0.2) is 110 Å². The highest BCUT2D eigenvalue weighted by molar-refractivity contribution is 7.95. The first-order chi connectivity index (χ1) is 23.2. The molecule has 252 valence electrons. The van der Waals surface area contributed by atoms with Gasteiger partial charge in [0, 0.05) is 31.3 Å². The zero-order chi connectivity index (χ0) is 32.8. The van der Waals surface area contributed by atoms with Crippen LogP contribution >= 0.6 is 7.26 Å². The predicted octanol–water partition coefficient (Wildman–Crippen LogP) is 10.2. The van der Waals surface area contributed by atoms with Crippen LogP contribution in [0.1, 0.15) is 116 Å². The number of aromatic nitrogens is 2. The monoisotopic (exact) mass is 653 g/mol. The first-order valence-electron chi connectivity index (χ1n) is 18.4. The van der Waals surface area contributed by atoms with Gasteiger partial charge < -0.3 is 9.30 Å². The van der Waals surface area contributed by atoms with E-state index in [9.17, 15) is 4.79 Å². The molecule has 0 N–H and O–H groups in total. The van der Waals surface area contributed by atoms with E-state index >= 15 is 0 Å². The van der Waals surface area contributed by atoms with Gasteiger partial charge in [-0.1, -0.05) is 132 Å². The van der Waals surface area contributed by atoms with Crippen molar-refractivity contribution in [1.29, 1.82) is 0 Å². The van der Waals surface area contributed by atoms with E-state index < -0.39 is 7.26 Å². The van der Waals surface area contributed by atoms with Crippen molar-refractivity contribution in [3.8, 4) is 0 Å². The second-order valence-electron chi connectivity index (χ2n) is 13.0. The summed E-state index contributed by atoms with van der Waals surface area (Å²) in [5.41, 5.74) is 0. The zero-order valence-electron chi connectivity index (χ0n) is 28.9. The fourth-order valence-corrected chi connectivity index (χ4v) is 11.2. The van der Waals surface area contributed by atoms with Crippen LogP contribution in [0.25, 0.3) is 0 Å². The highest BCUT2D eigenvalue weighted by atomic mass is 31.2. The van der Waals surface area contributed by atoms with Crippen LogP contribution in [0.2, 0.25) is 0 Å². The SMILES string of the molecule is CCCCC(CCCCCCCCCCCCC(=O)OCCC[P+](c1ccccc1)(c1ccccc1)c1ccccc1)n1ccnc1. The molecule has 4 aromatic rings. The van der Waals surface area contributed by atoms with Crippen molar-refractivity contribution in [1.82, 2.24) is 9.55 Å². The Labute approximate surface area is 285 Å². The maximum absolute atomic E-state index is 12.6. The fraction of sp³-hybridized carbons (Fsp3) is 0.476. The van der Waals surface area contributed by atoms with Gasteiger partial charge in [0.25, 0.3) is 0 Å². The van der Waals surface area contributed by atoms with Gasteiger partial charge in [-0.2, -0.15) is 0 Å². The van der Waals surface area contributed by atoms with Crippen LogP contribution in [0.5, 0.6) is 0 Å². The Morgan fingerprint density at radius 2 is 1.15 bits per heavy atom. The molecule has 4 nitrogen and oxygen atoms in total. The van der Waals surface area contributed by atoms with Gasteiger partial charge >= 0.3 is 5.97 Å². The van der Waals surface area contributed by atoms with E-state index in [4.69, 9.17) is 4.74 Å². The molecule has 0 aliphatic heterocycles. The summed E-state index contributed by atoms with van der Waals surface area (Å²) in [5, 5.41) is 4.13. The third-order valence-corrected chi connectivity index (χ3v) is 14.0. The van der Waals surface area contributed by atoms with Crippen LogP contribution in [0, 0.1) is 0 Å². The van der Waals surface area contributed by atoms with Crippen molar-refractivity contribution in [2.45, 2.75) is 116 Å². The number of imidazole rings is 1. The quantitative estimate of drug-likeness (QED) is 0.0429. The van der Waals surface area contributed by atoms with E-state index in [1.165, 1.54) is 93.0 Å². The van der Waals surface area contributed by atoms with E-state index in [0.29, 0.717) is 19.1 Å². The summed E-state index contributed by atoms with van der Waals surface area (Å²) in [4.78, 5) is 16.8. The van der Waals surface area contributed by atoms with E-state index in [1.807, 2.05) is 12.5 Å². The minimum Gasteiger partial charge on any atom is -0.466 e. The molecule has 5 heteroatoms. The van der Waals surface area contributed by atoms with E-state index in [0.717, 1.165) is 25.4 Å². The second-order valence-corrected chi connectivity index (χ2v) is 16.6. The van der Waals surface area contributed by atoms with Gasteiger partial charge in [-0.3, -0.25) is 4.79 Å². The summed E-state index contributed by atoms with van der Waals surface area (Å²) in [5.74, 6) is -0.0435. The Morgan fingerprint density at radius 3 is 1.64 bits per heavy atom. The lowest BCUT2D eigenvalue weighted by atomic mass is 10.0. The lowest BCUT2D eigenvalue weighted by molar-refractivity contribution is -0.143. The highest BCUT2D eigenvalue weighted by Gasteiger charge is 2.44. The molecule has 0 aliphatic carbocycles. The summed E-state index contributed by atoms with van der Waals surface area (Å²) < 4.78 is 8.08. The molecular formula is C42H58N2O2P+. The van der Waals surface area contributed by atoms with Gasteiger partial charge in [0.05, 0.1) is 19.1 Å². The van der Waals surface area contributed by atoms with E-state index in [2.05, 4.69) is 114 Å². The first-order valence-corrected chi connectivity index (χ1v) is 20.4. The molecule has 0 aliphatic rings. The van der Waals surface area contributed by atoms with Crippen LogP contribution < -0.4 is 15.9 Å². The second kappa shape index (κ2) is 21.6. The van der Waals surface area contributed by atoms with Gasteiger partial charge in [-0.15, -0.1) is 0 Å². The summed E-state index contributed by atoms with van der Waals surface area (Å²) >= 11 is 0. The average Bonchev–Trinajstić information content (AvgIpc) is 3.66. The van der Waals surface area contributed by atoms with Crippen molar-refractivity contribution >= 4 is 29.1 Å². The molecular weight excluding hydrogens is 595 g/mol. The number of hydrogen-bond donors (Lipinski definition) is 0. The van der Waals surface area contributed by atoms with Gasteiger partial charge in [-0.25, -0.2) is 4.98 Å². The van der Waals surface area contributed by atoms with Gasteiger partial charge in [0.15, 0.2) is 0 Å². The Balaban J connectivity index is 1.08. The van der Waals surface area contributed by atoms with Crippen molar-refractivity contribution in [3.05, 3.63) is 110 Å². The van der Waals surface area contributed by atoms with Crippen LogP contribution in [-0.2, 0) is 9.53 Å². The number of benzene rings is 3. The van der Waals surface area contributed by atoms with Gasteiger partial charge in [-0.05, 0) is 55.7 Å². The molecule has 0 saturated carbocycles. The number of unbranched alkanes of at least 4 members (excludes halogenated alkanes) is 10. The van der Waals surface area contributed by atoms with Crippen molar-refractivity contribution in [3.63, 3.8) is 0 Å². The fourth-order valence-electron chi connectivity index (χ4n) is 6.87. The van der Waals surface area contributed by atoms with Gasteiger partial charge in [0.2, 0.25) is 0 Å². The molecule has 0 spiro atoms. The molecule has 3 aromatic carbocycles. The summed E-state index contributed by atoms with van der Waals surface area (Å²) in [6.45, 7) is 2.76. The lowest BCUT2D eigenvalue weighted by Crippen LogP contribution is -2.33. The minimum atomic E-state index is -1.87. The number of rotatable bonds is 24. The minimum absolute atomic E-state index is 0.0435.